The molecule has 0 aliphatic carbocycles. The summed E-state index contributed by atoms with van der Waals surface area (Å²) in [6, 6.07) is 2.11. The van der Waals surface area contributed by atoms with E-state index in [0.717, 1.165) is 38.3 Å². The number of hydrogen-bond acceptors (Lipinski definition) is 3. The van der Waals surface area contributed by atoms with Crippen molar-refractivity contribution in [3.63, 3.8) is 0 Å². The summed E-state index contributed by atoms with van der Waals surface area (Å²) in [5, 5.41) is 0. The molecule has 1 unspecified atom stereocenters. The summed E-state index contributed by atoms with van der Waals surface area (Å²) in [5.74, 6) is 0.541. The van der Waals surface area contributed by atoms with E-state index >= 15 is 0 Å². The summed E-state index contributed by atoms with van der Waals surface area (Å²) in [7, 11) is -0.223. The first-order valence-electron chi connectivity index (χ1n) is 13.4. The molecule has 0 aromatic carbocycles. The molecule has 30 heavy (non-hydrogen) atoms. The molecular weight excluding hydrogens is 388 g/mol. The first kappa shape index (κ1) is 30.1. The summed E-state index contributed by atoms with van der Waals surface area (Å²) < 4.78 is 17.9. The van der Waals surface area contributed by atoms with Crippen LogP contribution >= 0.6 is 0 Å². The monoisotopic (exact) mass is 444 g/mol. The van der Waals surface area contributed by atoms with Gasteiger partial charge in [-0.1, -0.05) is 111 Å². The van der Waals surface area contributed by atoms with E-state index in [4.69, 9.17) is 13.6 Å². The summed E-state index contributed by atoms with van der Waals surface area (Å²) in [5.41, 5.74) is 0. The maximum atomic E-state index is 6.38. The molecule has 0 saturated carbocycles. The SMILES string of the molecule is CCCCCCCCCCCCCCCCO[Si](CC)(CC)OCC(C)CCOC. The molecular formula is C26H56O3Si. The lowest BCUT2D eigenvalue weighted by atomic mass is 10.0. The van der Waals surface area contributed by atoms with Gasteiger partial charge in [-0.15, -0.1) is 0 Å². The molecule has 0 aromatic heterocycles. The van der Waals surface area contributed by atoms with Crippen molar-refractivity contribution in [1.29, 1.82) is 0 Å². The van der Waals surface area contributed by atoms with Crippen LogP contribution < -0.4 is 0 Å². The maximum absolute atomic E-state index is 6.38. The smallest absolute Gasteiger partial charge is 0.337 e. The molecule has 0 aliphatic rings. The zero-order chi connectivity index (χ0) is 22.3. The fourth-order valence-corrected chi connectivity index (χ4v) is 6.46. The van der Waals surface area contributed by atoms with Crippen molar-refractivity contribution < 1.29 is 13.6 Å². The van der Waals surface area contributed by atoms with Gasteiger partial charge in [-0.3, -0.25) is 0 Å². The van der Waals surface area contributed by atoms with Crippen LogP contribution in [-0.4, -0.2) is 35.5 Å². The molecule has 0 heterocycles. The number of unbranched alkanes of at least 4 members (excludes halogenated alkanes) is 13. The number of methoxy groups -OCH3 is 1. The van der Waals surface area contributed by atoms with Crippen molar-refractivity contribution in [2.24, 2.45) is 5.92 Å². The molecule has 3 nitrogen and oxygen atoms in total. The molecule has 0 N–H and O–H groups in total. The Labute approximate surface area is 191 Å². The summed E-state index contributed by atoms with van der Waals surface area (Å²) >= 11 is 0. The van der Waals surface area contributed by atoms with Gasteiger partial charge in [-0.25, -0.2) is 0 Å². The highest BCUT2D eigenvalue weighted by Crippen LogP contribution is 2.21. The minimum Gasteiger partial charge on any atom is -0.394 e. The third-order valence-corrected chi connectivity index (χ3v) is 9.96. The first-order chi connectivity index (χ1) is 14.6. The van der Waals surface area contributed by atoms with E-state index in [9.17, 15) is 0 Å². The van der Waals surface area contributed by atoms with Crippen molar-refractivity contribution in [3.8, 4) is 0 Å². The van der Waals surface area contributed by atoms with Crippen LogP contribution in [0, 0.1) is 5.92 Å². The molecule has 4 heteroatoms. The highest BCUT2D eigenvalue weighted by atomic mass is 28.4. The Balaban J connectivity index is 3.60. The Morgan fingerprint density at radius 2 is 1.07 bits per heavy atom. The van der Waals surface area contributed by atoms with Gasteiger partial charge in [0, 0.05) is 26.9 Å². The van der Waals surface area contributed by atoms with Gasteiger partial charge in [-0.2, -0.15) is 0 Å². The average Bonchev–Trinajstić information content (AvgIpc) is 2.77. The van der Waals surface area contributed by atoms with E-state index in [2.05, 4.69) is 27.7 Å². The van der Waals surface area contributed by atoms with Crippen LogP contribution in [0.4, 0.5) is 0 Å². The quantitative estimate of drug-likeness (QED) is 0.110. The highest BCUT2D eigenvalue weighted by molar-refractivity contribution is 6.67. The van der Waals surface area contributed by atoms with E-state index in [1.54, 1.807) is 7.11 Å². The average molecular weight is 445 g/mol. The van der Waals surface area contributed by atoms with Gasteiger partial charge < -0.3 is 13.6 Å². The van der Waals surface area contributed by atoms with E-state index < -0.39 is 8.56 Å². The second kappa shape index (κ2) is 22.3. The van der Waals surface area contributed by atoms with Gasteiger partial charge in [0.1, 0.15) is 0 Å². The normalized spacial score (nSPS) is 13.1. The fourth-order valence-electron chi connectivity index (χ4n) is 3.95. The van der Waals surface area contributed by atoms with Crippen LogP contribution in [0.1, 0.15) is 124 Å². The zero-order valence-corrected chi connectivity index (χ0v) is 22.4. The summed E-state index contributed by atoms with van der Waals surface area (Å²) in [6.07, 6.45) is 20.6. The van der Waals surface area contributed by atoms with Crippen LogP contribution in [0.3, 0.4) is 0 Å². The van der Waals surface area contributed by atoms with Crippen molar-refractivity contribution >= 4 is 8.56 Å². The topological polar surface area (TPSA) is 27.7 Å². The number of rotatable bonds is 24. The van der Waals surface area contributed by atoms with Crippen LogP contribution in [0.5, 0.6) is 0 Å². The molecule has 0 fully saturated rings. The predicted molar refractivity (Wildman–Crippen MR) is 135 cm³/mol. The first-order valence-corrected chi connectivity index (χ1v) is 15.6. The van der Waals surface area contributed by atoms with Gasteiger partial charge in [0.2, 0.25) is 0 Å². The van der Waals surface area contributed by atoms with Crippen molar-refractivity contribution in [1.82, 2.24) is 0 Å². The molecule has 182 valence electrons. The Bertz CT molecular complexity index is 334. The van der Waals surface area contributed by atoms with Gasteiger partial charge in [0.15, 0.2) is 0 Å². The maximum Gasteiger partial charge on any atom is 0.337 e. The lowest BCUT2D eigenvalue weighted by Crippen LogP contribution is -2.42. The van der Waals surface area contributed by atoms with E-state index in [-0.39, 0.29) is 0 Å². The van der Waals surface area contributed by atoms with Crippen LogP contribution in [0.15, 0.2) is 0 Å². The zero-order valence-electron chi connectivity index (χ0n) is 21.4. The van der Waals surface area contributed by atoms with Crippen molar-refractivity contribution in [2.75, 3.05) is 26.9 Å². The third-order valence-electron chi connectivity index (χ3n) is 6.39. The molecule has 0 spiro atoms. The Morgan fingerprint density at radius 3 is 1.50 bits per heavy atom. The summed E-state index contributed by atoms with van der Waals surface area (Å²) in [4.78, 5) is 0. The molecule has 0 amide bonds. The van der Waals surface area contributed by atoms with Crippen LogP contribution in [0.25, 0.3) is 0 Å². The van der Waals surface area contributed by atoms with E-state index in [1.165, 1.54) is 89.9 Å². The fraction of sp³-hybridized carbons (Fsp3) is 1.00. The number of hydrogen-bond donors (Lipinski definition) is 0. The second-order valence-corrected chi connectivity index (χ2v) is 13.1. The van der Waals surface area contributed by atoms with Crippen molar-refractivity contribution in [2.45, 2.75) is 136 Å². The lowest BCUT2D eigenvalue weighted by Gasteiger charge is -2.30. The second-order valence-electron chi connectivity index (χ2n) is 9.26. The van der Waals surface area contributed by atoms with Crippen molar-refractivity contribution in [3.05, 3.63) is 0 Å². The third kappa shape index (κ3) is 17.7. The standard InChI is InChI=1S/C26H56O3Si/c1-6-9-10-11-12-13-14-15-16-17-18-19-20-21-23-28-30(7-2,8-3)29-25-26(4)22-24-27-5/h26H,6-25H2,1-5H3. The van der Waals surface area contributed by atoms with E-state index in [0.29, 0.717) is 5.92 Å². The molecule has 1 atom stereocenters. The van der Waals surface area contributed by atoms with Crippen LogP contribution in [0.2, 0.25) is 12.1 Å². The molecule has 0 rings (SSSR count). The molecule has 0 aliphatic heterocycles. The van der Waals surface area contributed by atoms with Gasteiger partial charge in [0.05, 0.1) is 0 Å². The predicted octanol–water partition coefficient (Wildman–Crippen LogP) is 8.66. The lowest BCUT2D eigenvalue weighted by molar-refractivity contribution is 0.125. The molecule has 0 aromatic rings. The number of ether oxygens (including phenoxy) is 1. The van der Waals surface area contributed by atoms with Gasteiger partial charge in [-0.05, 0) is 30.8 Å². The Morgan fingerprint density at radius 1 is 0.600 bits per heavy atom. The van der Waals surface area contributed by atoms with Crippen LogP contribution in [-0.2, 0) is 13.6 Å². The van der Waals surface area contributed by atoms with E-state index in [1.807, 2.05) is 0 Å². The Hall–Kier alpha value is 0.0969. The largest absolute Gasteiger partial charge is 0.394 e. The molecule has 0 radical (unpaired) electrons. The minimum atomic E-state index is -1.99. The van der Waals surface area contributed by atoms with Gasteiger partial charge in [0.25, 0.3) is 0 Å². The molecule has 0 bridgehead atoms. The Kier molecular flexibility index (Phi) is 22.4. The molecule has 0 saturated heterocycles. The van der Waals surface area contributed by atoms with Gasteiger partial charge >= 0.3 is 8.56 Å². The summed E-state index contributed by atoms with van der Waals surface area (Å²) in [6.45, 7) is 11.5. The highest BCUT2D eigenvalue weighted by Gasteiger charge is 2.33. The minimum absolute atomic E-state index is 0.541.